The van der Waals surface area contributed by atoms with Crippen LogP contribution in [0.2, 0.25) is 0 Å². The van der Waals surface area contributed by atoms with Gasteiger partial charge in [0.25, 0.3) is 0 Å². The van der Waals surface area contributed by atoms with Gasteiger partial charge in [-0.2, -0.15) is 15.6 Å². The average Bonchev–Trinajstić information content (AvgIpc) is 2.99. The van der Waals surface area contributed by atoms with Gasteiger partial charge in [-0.1, -0.05) is 0 Å². The number of nitrogens with one attached hydrogen (secondary N) is 1. The number of aryl methyl sites for hydroxylation is 1. The van der Waals surface area contributed by atoms with Crippen molar-refractivity contribution in [3.8, 4) is 0 Å². The number of thiophene rings is 1. The van der Waals surface area contributed by atoms with Crippen LogP contribution in [0.15, 0.2) is 39.9 Å². The summed E-state index contributed by atoms with van der Waals surface area (Å²) in [6, 6.07) is 6.79. The monoisotopic (exact) mass is 336 g/mol. The third-order valence-corrected chi connectivity index (χ3v) is 6.20. The second kappa shape index (κ2) is 5.83. The molecule has 1 aliphatic rings. The first kappa shape index (κ1) is 15.2. The van der Waals surface area contributed by atoms with E-state index in [1.165, 1.54) is 4.31 Å². The number of anilines is 1. The van der Waals surface area contributed by atoms with Gasteiger partial charge in [-0.05, 0) is 52.6 Å². The standard InChI is InChI=1S/C15H16N2O3S2/c1-17(9-11-6-7-21-10-11)22(19,20)13-3-4-14-12(8-13)2-5-15(18)16-14/h3-4,6-8,10H,2,5,9H2,1H3,(H,16,18). The lowest BCUT2D eigenvalue weighted by Gasteiger charge is -2.20. The summed E-state index contributed by atoms with van der Waals surface area (Å²) in [4.78, 5) is 11.6. The molecule has 0 saturated carbocycles. The summed E-state index contributed by atoms with van der Waals surface area (Å²) >= 11 is 1.55. The van der Waals surface area contributed by atoms with Crippen molar-refractivity contribution in [2.24, 2.45) is 0 Å². The number of fused-ring (bicyclic) bond motifs is 1. The molecule has 116 valence electrons. The topological polar surface area (TPSA) is 66.5 Å². The van der Waals surface area contributed by atoms with Crippen LogP contribution in [0.4, 0.5) is 5.69 Å². The quantitative estimate of drug-likeness (QED) is 0.932. The molecule has 3 rings (SSSR count). The third kappa shape index (κ3) is 2.92. The van der Waals surface area contributed by atoms with Crippen LogP contribution in [-0.4, -0.2) is 25.7 Å². The van der Waals surface area contributed by atoms with Crippen LogP contribution in [0.1, 0.15) is 17.5 Å². The van der Waals surface area contributed by atoms with E-state index in [1.807, 2.05) is 16.8 Å². The normalized spacial score (nSPS) is 14.7. The summed E-state index contributed by atoms with van der Waals surface area (Å²) in [5.41, 5.74) is 2.54. The third-order valence-electron chi connectivity index (χ3n) is 3.67. The highest BCUT2D eigenvalue weighted by atomic mass is 32.2. The fourth-order valence-corrected chi connectivity index (χ4v) is 4.29. The van der Waals surface area contributed by atoms with Crippen molar-refractivity contribution >= 4 is 33.0 Å². The van der Waals surface area contributed by atoms with Crippen LogP contribution >= 0.6 is 11.3 Å². The lowest BCUT2D eigenvalue weighted by molar-refractivity contribution is -0.116. The molecule has 0 radical (unpaired) electrons. The molecule has 0 spiro atoms. The molecule has 1 aromatic carbocycles. The number of benzene rings is 1. The van der Waals surface area contributed by atoms with E-state index in [-0.39, 0.29) is 10.8 Å². The lowest BCUT2D eigenvalue weighted by atomic mass is 10.0. The number of rotatable bonds is 4. The van der Waals surface area contributed by atoms with Crippen molar-refractivity contribution in [2.45, 2.75) is 24.3 Å². The van der Waals surface area contributed by atoms with Crippen molar-refractivity contribution in [1.82, 2.24) is 4.31 Å². The molecule has 1 aliphatic heterocycles. The Morgan fingerprint density at radius 2 is 2.09 bits per heavy atom. The number of amides is 1. The van der Waals surface area contributed by atoms with Crippen LogP contribution in [0.25, 0.3) is 0 Å². The van der Waals surface area contributed by atoms with Gasteiger partial charge in [0.1, 0.15) is 0 Å². The van der Waals surface area contributed by atoms with Gasteiger partial charge in [-0.25, -0.2) is 8.42 Å². The van der Waals surface area contributed by atoms with E-state index in [0.717, 1.165) is 11.1 Å². The maximum atomic E-state index is 12.7. The van der Waals surface area contributed by atoms with E-state index in [1.54, 1.807) is 36.6 Å². The SMILES string of the molecule is CN(Cc1ccsc1)S(=O)(=O)c1ccc2c(c1)CCC(=O)N2. The maximum Gasteiger partial charge on any atom is 0.243 e. The zero-order chi connectivity index (χ0) is 15.7. The Morgan fingerprint density at radius 1 is 1.27 bits per heavy atom. The molecule has 1 amide bonds. The lowest BCUT2D eigenvalue weighted by Crippen LogP contribution is -2.27. The van der Waals surface area contributed by atoms with Crippen molar-refractivity contribution < 1.29 is 13.2 Å². The molecule has 22 heavy (non-hydrogen) atoms. The summed E-state index contributed by atoms with van der Waals surface area (Å²) in [6.45, 7) is 0.347. The maximum absolute atomic E-state index is 12.7. The molecule has 0 bridgehead atoms. The number of sulfonamides is 1. The summed E-state index contributed by atoms with van der Waals surface area (Å²) in [5, 5.41) is 6.62. The minimum atomic E-state index is -3.54. The smallest absolute Gasteiger partial charge is 0.243 e. The number of hydrogen-bond acceptors (Lipinski definition) is 4. The predicted octanol–water partition coefficient (Wildman–Crippen LogP) is 2.45. The van der Waals surface area contributed by atoms with Gasteiger partial charge >= 0.3 is 0 Å². The molecule has 0 saturated heterocycles. The number of carbonyl (C=O) groups is 1. The van der Waals surface area contributed by atoms with E-state index in [4.69, 9.17) is 0 Å². The van der Waals surface area contributed by atoms with E-state index < -0.39 is 10.0 Å². The average molecular weight is 336 g/mol. The number of nitrogens with zero attached hydrogens (tertiary/aromatic N) is 1. The predicted molar refractivity (Wildman–Crippen MR) is 86.4 cm³/mol. The van der Waals surface area contributed by atoms with Gasteiger partial charge < -0.3 is 5.32 Å². The summed E-state index contributed by atoms with van der Waals surface area (Å²) in [7, 11) is -1.96. The molecule has 2 heterocycles. The fourth-order valence-electron chi connectivity index (χ4n) is 2.42. The second-order valence-electron chi connectivity index (χ2n) is 5.26. The van der Waals surface area contributed by atoms with E-state index in [2.05, 4.69) is 5.32 Å². The summed E-state index contributed by atoms with van der Waals surface area (Å²) in [5.74, 6) is -0.0299. The zero-order valence-electron chi connectivity index (χ0n) is 12.1. The Morgan fingerprint density at radius 3 is 2.82 bits per heavy atom. The number of carbonyl (C=O) groups excluding carboxylic acids is 1. The first-order chi connectivity index (χ1) is 10.5. The zero-order valence-corrected chi connectivity index (χ0v) is 13.7. The Bertz CT molecular complexity index is 798. The van der Waals surface area contributed by atoms with Crippen LogP contribution < -0.4 is 5.32 Å². The second-order valence-corrected chi connectivity index (χ2v) is 8.08. The van der Waals surface area contributed by atoms with Crippen molar-refractivity contribution in [3.05, 3.63) is 46.2 Å². The van der Waals surface area contributed by atoms with Crippen LogP contribution in [0.3, 0.4) is 0 Å². The van der Waals surface area contributed by atoms with Crippen molar-refractivity contribution in [3.63, 3.8) is 0 Å². The largest absolute Gasteiger partial charge is 0.326 e. The molecule has 0 unspecified atom stereocenters. The molecule has 0 atom stereocenters. The minimum Gasteiger partial charge on any atom is -0.326 e. The van der Waals surface area contributed by atoms with Gasteiger partial charge in [0.15, 0.2) is 0 Å². The van der Waals surface area contributed by atoms with Gasteiger partial charge in [0, 0.05) is 25.7 Å². The molecule has 0 aliphatic carbocycles. The Hall–Kier alpha value is -1.70. The van der Waals surface area contributed by atoms with Crippen molar-refractivity contribution in [1.29, 1.82) is 0 Å². The molecule has 1 N–H and O–H groups in total. The summed E-state index contributed by atoms with van der Waals surface area (Å²) < 4.78 is 26.6. The molecule has 2 aromatic rings. The van der Waals surface area contributed by atoms with Crippen LogP contribution in [-0.2, 0) is 27.8 Å². The number of hydrogen-bond donors (Lipinski definition) is 1. The van der Waals surface area contributed by atoms with Gasteiger partial charge in [-0.15, -0.1) is 0 Å². The highest BCUT2D eigenvalue weighted by Crippen LogP contribution is 2.27. The van der Waals surface area contributed by atoms with E-state index in [9.17, 15) is 13.2 Å². The molecule has 7 heteroatoms. The van der Waals surface area contributed by atoms with E-state index >= 15 is 0 Å². The van der Waals surface area contributed by atoms with Gasteiger partial charge in [0.2, 0.25) is 15.9 Å². The molecule has 5 nitrogen and oxygen atoms in total. The Balaban J connectivity index is 1.87. The first-order valence-corrected chi connectivity index (χ1v) is 9.25. The molecule has 1 aromatic heterocycles. The Kier molecular flexibility index (Phi) is 4.03. The van der Waals surface area contributed by atoms with Crippen LogP contribution in [0.5, 0.6) is 0 Å². The minimum absolute atomic E-state index is 0.0299. The highest BCUT2D eigenvalue weighted by molar-refractivity contribution is 7.89. The fraction of sp³-hybridized carbons (Fsp3) is 0.267. The Labute approximate surface area is 133 Å². The van der Waals surface area contributed by atoms with Gasteiger partial charge in [-0.3, -0.25) is 4.79 Å². The van der Waals surface area contributed by atoms with Crippen molar-refractivity contribution in [2.75, 3.05) is 12.4 Å². The summed E-state index contributed by atoms with van der Waals surface area (Å²) in [6.07, 6.45) is 0.958. The van der Waals surface area contributed by atoms with Crippen LogP contribution in [0, 0.1) is 0 Å². The van der Waals surface area contributed by atoms with Gasteiger partial charge in [0.05, 0.1) is 4.90 Å². The molecular weight excluding hydrogens is 320 g/mol. The molecule has 0 fully saturated rings. The highest BCUT2D eigenvalue weighted by Gasteiger charge is 2.23. The van der Waals surface area contributed by atoms with E-state index in [0.29, 0.717) is 25.1 Å². The first-order valence-electron chi connectivity index (χ1n) is 6.87. The molecular formula is C15H16N2O3S2.